The summed E-state index contributed by atoms with van der Waals surface area (Å²) in [5.41, 5.74) is 1.24. The van der Waals surface area contributed by atoms with Crippen molar-refractivity contribution in [3.05, 3.63) is 16.1 Å². The van der Waals surface area contributed by atoms with Gasteiger partial charge in [-0.3, -0.25) is 4.90 Å². The van der Waals surface area contributed by atoms with Crippen molar-refractivity contribution in [2.75, 3.05) is 19.6 Å². The van der Waals surface area contributed by atoms with E-state index in [1.807, 2.05) is 0 Å². The largest absolute Gasteiger partial charge is 0.310 e. The van der Waals surface area contributed by atoms with Gasteiger partial charge in [0.15, 0.2) is 0 Å². The first-order chi connectivity index (χ1) is 10.2. The molecule has 0 radical (unpaired) electrons. The number of nitrogens with one attached hydrogen (secondary N) is 1. The van der Waals surface area contributed by atoms with Gasteiger partial charge in [-0.2, -0.15) is 0 Å². The van der Waals surface area contributed by atoms with Crippen LogP contribution in [0.15, 0.2) is 5.38 Å². The molecule has 0 saturated carbocycles. The third kappa shape index (κ3) is 8.54. The monoisotopic (exact) mass is 311 g/mol. The van der Waals surface area contributed by atoms with Gasteiger partial charge in [-0.25, -0.2) is 4.98 Å². The van der Waals surface area contributed by atoms with E-state index in [1.165, 1.54) is 49.5 Å². The molecule has 0 amide bonds. The molecule has 0 aliphatic rings. The van der Waals surface area contributed by atoms with Crippen LogP contribution in [0.2, 0.25) is 0 Å². The van der Waals surface area contributed by atoms with Gasteiger partial charge < -0.3 is 5.32 Å². The molecular formula is C17H33N3S. The Balaban J connectivity index is 2.41. The van der Waals surface area contributed by atoms with Crippen molar-refractivity contribution in [2.45, 2.75) is 66.5 Å². The quantitative estimate of drug-likeness (QED) is 0.624. The standard InChI is InChI=1S/C17H33N3S/c1-5-7-9-20(10-8-6-2)13-16-14-21-17(19-16)12-18-11-15(3)4/h14-15,18H,5-13H2,1-4H3. The molecule has 4 heteroatoms. The summed E-state index contributed by atoms with van der Waals surface area (Å²) in [7, 11) is 0. The zero-order valence-electron chi connectivity index (χ0n) is 14.3. The second-order valence-electron chi connectivity index (χ2n) is 6.24. The van der Waals surface area contributed by atoms with Gasteiger partial charge in [0, 0.05) is 18.5 Å². The summed E-state index contributed by atoms with van der Waals surface area (Å²) < 4.78 is 0. The van der Waals surface area contributed by atoms with Crippen LogP contribution in [0.1, 0.15) is 64.1 Å². The summed E-state index contributed by atoms with van der Waals surface area (Å²) in [6.07, 6.45) is 5.11. The van der Waals surface area contributed by atoms with E-state index in [0.29, 0.717) is 5.92 Å². The predicted molar refractivity (Wildman–Crippen MR) is 93.8 cm³/mol. The van der Waals surface area contributed by atoms with E-state index in [-0.39, 0.29) is 0 Å². The topological polar surface area (TPSA) is 28.2 Å². The molecule has 1 N–H and O–H groups in total. The Hall–Kier alpha value is -0.450. The molecule has 0 bridgehead atoms. The first kappa shape index (κ1) is 18.6. The number of rotatable bonds is 12. The Morgan fingerprint density at radius 1 is 1.19 bits per heavy atom. The molecule has 0 fully saturated rings. The van der Waals surface area contributed by atoms with E-state index in [1.54, 1.807) is 11.3 Å². The SMILES string of the molecule is CCCCN(CCCC)Cc1csc(CNCC(C)C)n1. The van der Waals surface area contributed by atoms with Crippen molar-refractivity contribution in [2.24, 2.45) is 5.92 Å². The highest BCUT2D eigenvalue weighted by Gasteiger charge is 2.08. The number of aromatic nitrogens is 1. The average molecular weight is 312 g/mol. The van der Waals surface area contributed by atoms with E-state index >= 15 is 0 Å². The van der Waals surface area contributed by atoms with E-state index in [4.69, 9.17) is 4.98 Å². The number of thiazole rings is 1. The van der Waals surface area contributed by atoms with Crippen molar-refractivity contribution >= 4 is 11.3 Å². The fraction of sp³-hybridized carbons (Fsp3) is 0.824. The Bertz CT molecular complexity index is 355. The minimum Gasteiger partial charge on any atom is -0.310 e. The number of hydrogen-bond acceptors (Lipinski definition) is 4. The van der Waals surface area contributed by atoms with Crippen molar-refractivity contribution < 1.29 is 0 Å². The second-order valence-corrected chi connectivity index (χ2v) is 7.18. The number of nitrogens with zero attached hydrogens (tertiary/aromatic N) is 2. The molecule has 0 unspecified atom stereocenters. The average Bonchev–Trinajstić information content (AvgIpc) is 2.89. The van der Waals surface area contributed by atoms with Crippen LogP contribution >= 0.6 is 11.3 Å². The zero-order valence-corrected chi connectivity index (χ0v) is 15.1. The maximum Gasteiger partial charge on any atom is 0.107 e. The van der Waals surface area contributed by atoms with E-state index in [0.717, 1.165) is 19.6 Å². The molecule has 1 aromatic rings. The molecule has 0 atom stereocenters. The molecule has 0 spiro atoms. The minimum atomic E-state index is 0.697. The van der Waals surface area contributed by atoms with Crippen molar-refractivity contribution in [1.29, 1.82) is 0 Å². The zero-order chi connectivity index (χ0) is 15.5. The van der Waals surface area contributed by atoms with Gasteiger partial charge in [0.2, 0.25) is 0 Å². The lowest BCUT2D eigenvalue weighted by Gasteiger charge is -2.20. The maximum atomic E-state index is 4.78. The van der Waals surface area contributed by atoms with Crippen LogP contribution in [0.4, 0.5) is 0 Å². The normalized spacial score (nSPS) is 11.7. The highest BCUT2D eigenvalue weighted by molar-refractivity contribution is 7.09. The van der Waals surface area contributed by atoms with Crippen LogP contribution in [-0.4, -0.2) is 29.5 Å². The third-order valence-electron chi connectivity index (χ3n) is 3.47. The molecule has 1 heterocycles. The molecule has 1 rings (SSSR count). The predicted octanol–water partition coefficient (Wildman–Crippen LogP) is 4.29. The Kier molecular flexibility index (Phi) is 9.89. The molecule has 3 nitrogen and oxygen atoms in total. The smallest absolute Gasteiger partial charge is 0.107 e. The van der Waals surface area contributed by atoms with Crippen molar-refractivity contribution in [3.63, 3.8) is 0 Å². The third-order valence-corrected chi connectivity index (χ3v) is 4.37. The second kappa shape index (κ2) is 11.2. The lowest BCUT2D eigenvalue weighted by Crippen LogP contribution is -2.25. The summed E-state index contributed by atoms with van der Waals surface area (Å²) >= 11 is 1.79. The maximum absolute atomic E-state index is 4.78. The molecule has 0 aliphatic carbocycles. The summed E-state index contributed by atoms with van der Waals surface area (Å²) in [4.78, 5) is 7.34. The Labute approximate surface area is 135 Å². The summed E-state index contributed by atoms with van der Waals surface area (Å²) in [6.45, 7) is 14.4. The van der Waals surface area contributed by atoms with Crippen LogP contribution in [0.3, 0.4) is 0 Å². The van der Waals surface area contributed by atoms with Crippen LogP contribution in [-0.2, 0) is 13.1 Å². The molecule has 1 aromatic heterocycles. The Morgan fingerprint density at radius 2 is 1.86 bits per heavy atom. The van der Waals surface area contributed by atoms with Gasteiger partial charge in [-0.1, -0.05) is 40.5 Å². The molecule has 0 aromatic carbocycles. The first-order valence-corrected chi connectivity index (χ1v) is 9.40. The van der Waals surface area contributed by atoms with E-state index < -0.39 is 0 Å². The summed E-state index contributed by atoms with van der Waals surface area (Å²) in [6, 6.07) is 0. The molecule has 122 valence electrons. The molecule has 21 heavy (non-hydrogen) atoms. The van der Waals surface area contributed by atoms with Crippen LogP contribution in [0.5, 0.6) is 0 Å². The lowest BCUT2D eigenvalue weighted by molar-refractivity contribution is 0.254. The summed E-state index contributed by atoms with van der Waals surface area (Å²) in [5.74, 6) is 0.697. The Morgan fingerprint density at radius 3 is 2.43 bits per heavy atom. The highest BCUT2D eigenvalue weighted by atomic mass is 32.1. The molecular weight excluding hydrogens is 278 g/mol. The number of hydrogen-bond donors (Lipinski definition) is 1. The van der Waals surface area contributed by atoms with Gasteiger partial charge >= 0.3 is 0 Å². The molecule has 0 aliphatic heterocycles. The fourth-order valence-electron chi connectivity index (χ4n) is 2.23. The first-order valence-electron chi connectivity index (χ1n) is 8.52. The van der Waals surface area contributed by atoms with Crippen molar-refractivity contribution in [1.82, 2.24) is 15.2 Å². The van der Waals surface area contributed by atoms with E-state index in [9.17, 15) is 0 Å². The summed E-state index contributed by atoms with van der Waals surface area (Å²) in [5, 5.41) is 6.92. The lowest BCUT2D eigenvalue weighted by atomic mass is 10.2. The van der Waals surface area contributed by atoms with Gasteiger partial charge in [-0.05, 0) is 38.4 Å². The van der Waals surface area contributed by atoms with Crippen LogP contribution in [0.25, 0.3) is 0 Å². The van der Waals surface area contributed by atoms with Crippen LogP contribution in [0, 0.1) is 5.92 Å². The minimum absolute atomic E-state index is 0.697. The highest BCUT2D eigenvalue weighted by Crippen LogP contribution is 2.13. The van der Waals surface area contributed by atoms with Gasteiger partial charge in [-0.15, -0.1) is 11.3 Å². The van der Waals surface area contributed by atoms with E-state index in [2.05, 4.69) is 43.3 Å². The fourth-order valence-corrected chi connectivity index (χ4v) is 2.99. The van der Waals surface area contributed by atoms with Gasteiger partial charge in [0.1, 0.15) is 5.01 Å². The van der Waals surface area contributed by atoms with Gasteiger partial charge in [0.25, 0.3) is 0 Å². The number of unbranched alkanes of at least 4 members (excludes halogenated alkanes) is 2. The van der Waals surface area contributed by atoms with Crippen LogP contribution < -0.4 is 5.32 Å². The van der Waals surface area contributed by atoms with Crippen molar-refractivity contribution in [3.8, 4) is 0 Å². The van der Waals surface area contributed by atoms with Gasteiger partial charge in [0.05, 0.1) is 5.69 Å². The molecule has 0 saturated heterocycles.